The number of pyridine rings is 1. The summed E-state index contributed by atoms with van der Waals surface area (Å²) in [6.07, 6.45) is -2.58. The van der Waals surface area contributed by atoms with Gasteiger partial charge in [0, 0.05) is 24.9 Å². The lowest BCUT2D eigenvalue weighted by molar-refractivity contribution is -0.138. The molecule has 5 nitrogen and oxygen atoms in total. The van der Waals surface area contributed by atoms with Crippen molar-refractivity contribution in [3.63, 3.8) is 0 Å². The summed E-state index contributed by atoms with van der Waals surface area (Å²) in [5, 5.41) is 0. The molecule has 0 atom stereocenters. The smallest absolute Gasteiger partial charge is 0.416 e. The SMILES string of the molecule is Cc1c(C(F)(F)F)ccc2c1C(n1ccccc1=O)=C(N(C)C=O)C(C)(C)O2. The van der Waals surface area contributed by atoms with Crippen LogP contribution in [0.25, 0.3) is 5.70 Å². The van der Waals surface area contributed by atoms with Crippen molar-refractivity contribution < 1.29 is 22.7 Å². The fourth-order valence-electron chi connectivity index (χ4n) is 3.59. The lowest BCUT2D eigenvalue weighted by atomic mass is 9.89. The predicted molar refractivity (Wildman–Crippen MR) is 97.7 cm³/mol. The molecule has 0 aliphatic carbocycles. The highest BCUT2D eigenvalue weighted by Crippen LogP contribution is 2.46. The molecular weight excluding hydrogens is 373 g/mol. The van der Waals surface area contributed by atoms with Crippen LogP contribution in [0.15, 0.2) is 47.0 Å². The number of rotatable bonds is 3. The molecule has 3 rings (SSSR count). The van der Waals surface area contributed by atoms with Gasteiger partial charge in [-0.15, -0.1) is 0 Å². The molecule has 1 aliphatic rings. The third-order valence-electron chi connectivity index (χ3n) is 4.70. The van der Waals surface area contributed by atoms with E-state index in [4.69, 9.17) is 4.74 Å². The molecule has 1 aromatic carbocycles. The Morgan fingerprint density at radius 3 is 2.43 bits per heavy atom. The van der Waals surface area contributed by atoms with Gasteiger partial charge < -0.3 is 9.64 Å². The number of nitrogens with zero attached hydrogens (tertiary/aromatic N) is 2. The highest BCUT2D eigenvalue weighted by atomic mass is 19.4. The molecule has 0 saturated carbocycles. The number of halogens is 3. The van der Waals surface area contributed by atoms with Crippen LogP contribution < -0.4 is 10.3 Å². The Kier molecular flexibility index (Phi) is 4.61. The van der Waals surface area contributed by atoms with Crippen molar-refractivity contribution in [3.8, 4) is 5.75 Å². The van der Waals surface area contributed by atoms with Gasteiger partial charge in [-0.05, 0) is 44.5 Å². The summed E-state index contributed by atoms with van der Waals surface area (Å²) >= 11 is 0. The van der Waals surface area contributed by atoms with Gasteiger partial charge in [-0.3, -0.25) is 14.2 Å². The topological polar surface area (TPSA) is 51.5 Å². The zero-order valence-electron chi connectivity index (χ0n) is 15.8. The third kappa shape index (κ3) is 3.08. The van der Waals surface area contributed by atoms with E-state index in [1.165, 1.54) is 47.8 Å². The van der Waals surface area contributed by atoms with Crippen molar-refractivity contribution in [1.29, 1.82) is 0 Å². The van der Waals surface area contributed by atoms with Gasteiger partial charge in [0.25, 0.3) is 5.56 Å². The van der Waals surface area contributed by atoms with Crippen LogP contribution in [0.5, 0.6) is 5.75 Å². The number of carbonyl (C=O) groups excluding carboxylic acids is 1. The van der Waals surface area contributed by atoms with E-state index in [0.717, 1.165) is 6.07 Å². The van der Waals surface area contributed by atoms with Crippen LogP contribution in [0, 0.1) is 6.92 Å². The quantitative estimate of drug-likeness (QED) is 0.750. The van der Waals surface area contributed by atoms with Gasteiger partial charge >= 0.3 is 6.18 Å². The van der Waals surface area contributed by atoms with Gasteiger partial charge in [-0.1, -0.05) is 6.07 Å². The minimum absolute atomic E-state index is 0.0805. The summed E-state index contributed by atoms with van der Waals surface area (Å²) < 4.78 is 47.7. The molecule has 1 aliphatic heterocycles. The van der Waals surface area contributed by atoms with Crippen LogP contribution >= 0.6 is 0 Å². The zero-order chi connectivity index (χ0) is 20.9. The number of hydrogen-bond acceptors (Lipinski definition) is 3. The second-order valence-electron chi connectivity index (χ2n) is 7.04. The van der Waals surface area contributed by atoms with E-state index < -0.39 is 22.9 Å². The van der Waals surface area contributed by atoms with Gasteiger partial charge in [0.2, 0.25) is 6.41 Å². The summed E-state index contributed by atoms with van der Waals surface area (Å²) in [6, 6.07) is 6.64. The molecule has 0 fully saturated rings. The second kappa shape index (κ2) is 6.54. The van der Waals surface area contributed by atoms with E-state index in [9.17, 15) is 22.8 Å². The Morgan fingerprint density at radius 2 is 1.86 bits per heavy atom. The van der Waals surface area contributed by atoms with Crippen LogP contribution in [0.3, 0.4) is 0 Å². The molecule has 0 spiro atoms. The Morgan fingerprint density at radius 1 is 1.18 bits per heavy atom. The largest absolute Gasteiger partial charge is 0.481 e. The molecule has 2 aromatic rings. The summed E-state index contributed by atoms with van der Waals surface area (Å²) in [5.74, 6) is 0.212. The van der Waals surface area contributed by atoms with Crippen LogP contribution in [-0.2, 0) is 11.0 Å². The highest BCUT2D eigenvalue weighted by molar-refractivity contribution is 5.81. The van der Waals surface area contributed by atoms with Crippen LogP contribution in [0.4, 0.5) is 13.2 Å². The molecule has 1 aromatic heterocycles. The number of aromatic nitrogens is 1. The molecule has 0 radical (unpaired) electrons. The van der Waals surface area contributed by atoms with E-state index in [-0.39, 0.29) is 28.3 Å². The average molecular weight is 392 g/mol. The first kappa shape index (κ1) is 19.7. The molecule has 0 saturated heterocycles. The Bertz CT molecular complexity index is 1040. The highest BCUT2D eigenvalue weighted by Gasteiger charge is 2.42. The molecule has 0 N–H and O–H groups in total. The molecule has 28 heavy (non-hydrogen) atoms. The number of fused-ring (bicyclic) bond motifs is 1. The number of benzene rings is 1. The Labute approximate surface area is 159 Å². The predicted octanol–water partition coefficient (Wildman–Crippen LogP) is 3.65. The minimum atomic E-state index is -4.57. The fraction of sp³-hybridized carbons (Fsp3) is 0.300. The molecule has 0 unspecified atom stereocenters. The maximum atomic E-state index is 13.5. The first-order chi connectivity index (χ1) is 13.0. The lowest BCUT2D eigenvalue weighted by Crippen LogP contribution is -2.43. The van der Waals surface area contributed by atoms with E-state index in [2.05, 4.69) is 0 Å². The van der Waals surface area contributed by atoms with Crippen molar-refractivity contribution in [2.45, 2.75) is 32.5 Å². The Balaban J connectivity index is 2.51. The monoisotopic (exact) mass is 392 g/mol. The molecule has 1 amide bonds. The normalized spacial score (nSPS) is 15.7. The van der Waals surface area contributed by atoms with Crippen molar-refractivity contribution in [2.24, 2.45) is 0 Å². The number of ether oxygens (including phenoxy) is 1. The lowest BCUT2D eigenvalue weighted by Gasteiger charge is -2.40. The van der Waals surface area contributed by atoms with Crippen LogP contribution in [0.1, 0.15) is 30.5 Å². The summed E-state index contributed by atoms with van der Waals surface area (Å²) in [4.78, 5) is 25.3. The van der Waals surface area contributed by atoms with E-state index in [1.54, 1.807) is 19.9 Å². The Hall–Kier alpha value is -3.03. The summed E-state index contributed by atoms with van der Waals surface area (Å²) in [5.41, 5.74) is -1.81. The number of alkyl halides is 3. The van der Waals surface area contributed by atoms with Gasteiger partial charge in [-0.25, -0.2) is 0 Å². The number of likely N-dealkylation sites (N-methyl/N-ethyl adjacent to an activating group) is 1. The number of amides is 1. The molecule has 0 bridgehead atoms. The summed E-state index contributed by atoms with van der Waals surface area (Å²) in [6.45, 7) is 4.70. The van der Waals surface area contributed by atoms with Gasteiger partial charge in [-0.2, -0.15) is 13.2 Å². The standard InChI is InChI=1S/C20H19F3N2O3/c1-12-13(20(21,22)23)8-9-14-16(12)17(25-10-6-5-7-15(25)27)18(24(4)11-26)19(2,3)28-14/h5-11H,1-4H3. The first-order valence-electron chi connectivity index (χ1n) is 8.50. The molecular formula is C20H19F3N2O3. The fourth-order valence-corrected chi connectivity index (χ4v) is 3.59. The number of carbonyl (C=O) groups is 1. The molecule has 8 heteroatoms. The summed E-state index contributed by atoms with van der Waals surface area (Å²) in [7, 11) is 1.47. The van der Waals surface area contributed by atoms with Gasteiger partial charge in [0.05, 0.1) is 17.0 Å². The molecule has 2 heterocycles. The van der Waals surface area contributed by atoms with Crippen molar-refractivity contribution in [2.75, 3.05) is 7.05 Å². The van der Waals surface area contributed by atoms with E-state index in [0.29, 0.717) is 6.41 Å². The van der Waals surface area contributed by atoms with Crippen molar-refractivity contribution in [3.05, 3.63) is 69.3 Å². The van der Waals surface area contributed by atoms with Crippen molar-refractivity contribution >= 4 is 12.1 Å². The first-order valence-corrected chi connectivity index (χ1v) is 8.50. The zero-order valence-corrected chi connectivity index (χ0v) is 15.8. The minimum Gasteiger partial charge on any atom is -0.481 e. The average Bonchev–Trinajstić information content (AvgIpc) is 2.59. The van der Waals surface area contributed by atoms with Crippen LogP contribution in [-0.4, -0.2) is 28.5 Å². The van der Waals surface area contributed by atoms with E-state index >= 15 is 0 Å². The second-order valence-corrected chi connectivity index (χ2v) is 7.04. The van der Waals surface area contributed by atoms with E-state index in [1.807, 2.05) is 0 Å². The van der Waals surface area contributed by atoms with Crippen molar-refractivity contribution in [1.82, 2.24) is 9.47 Å². The van der Waals surface area contributed by atoms with Crippen LogP contribution in [0.2, 0.25) is 0 Å². The molecule has 148 valence electrons. The third-order valence-corrected chi connectivity index (χ3v) is 4.70. The maximum Gasteiger partial charge on any atom is 0.416 e. The number of hydrogen-bond donors (Lipinski definition) is 0. The van der Waals surface area contributed by atoms with Gasteiger partial charge in [0.15, 0.2) is 0 Å². The maximum absolute atomic E-state index is 13.5. The van der Waals surface area contributed by atoms with Gasteiger partial charge in [0.1, 0.15) is 11.4 Å².